The van der Waals surface area contributed by atoms with Crippen LogP contribution in [0.5, 0.6) is 0 Å². The summed E-state index contributed by atoms with van der Waals surface area (Å²) in [6.45, 7) is 1.75. The van der Waals surface area contributed by atoms with Crippen molar-refractivity contribution in [3.63, 3.8) is 0 Å². The molecule has 7 nitrogen and oxygen atoms in total. The Kier molecular flexibility index (Phi) is 6.73. The number of hydrogen-bond donors (Lipinski definition) is 4. The number of urea groups is 1. The summed E-state index contributed by atoms with van der Waals surface area (Å²) in [6.07, 6.45) is 0.234. The molecule has 1 atom stereocenters. The van der Waals surface area contributed by atoms with Gasteiger partial charge in [-0.15, -0.1) is 0 Å². The fraction of sp³-hybridized carbons (Fsp3) is 0.211. The maximum atomic E-state index is 12.0. The number of carbonyl (C=O) groups excluding carboxylic acids is 3. The minimum Gasteiger partial charge on any atom is -0.351 e. The van der Waals surface area contributed by atoms with Crippen LogP contribution >= 0.6 is 0 Å². The summed E-state index contributed by atoms with van der Waals surface area (Å²) >= 11 is 0. The number of nitrogens with one attached hydrogen (secondary N) is 3. The van der Waals surface area contributed by atoms with Crippen LogP contribution in [0.25, 0.3) is 0 Å². The van der Waals surface area contributed by atoms with Crippen molar-refractivity contribution >= 4 is 23.5 Å². The normalized spacial score (nSPS) is 11.3. The van der Waals surface area contributed by atoms with Crippen LogP contribution in [-0.2, 0) is 16.0 Å². The van der Waals surface area contributed by atoms with E-state index in [1.165, 1.54) is 0 Å². The molecule has 7 heteroatoms. The van der Waals surface area contributed by atoms with Crippen molar-refractivity contribution in [2.24, 2.45) is 5.73 Å². The zero-order valence-electron chi connectivity index (χ0n) is 14.5. The Morgan fingerprint density at radius 1 is 0.962 bits per heavy atom. The number of amides is 4. The lowest BCUT2D eigenvalue weighted by Gasteiger charge is -2.15. The van der Waals surface area contributed by atoms with Gasteiger partial charge in [-0.25, -0.2) is 4.79 Å². The smallest absolute Gasteiger partial charge is 0.316 e. The third-order valence-electron chi connectivity index (χ3n) is 3.71. The number of primary amides is 1. The summed E-state index contributed by atoms with van der Waals surface area (Å²) in [5.41, 5.74) is 7.39. The summed E-state index contributed by atoms with van der Waals surface area (Å²) in [7, 11) is 0. The second-order valence-corrected chi connectivity index (χ2v) is 5.84. The molecule has 0 aliphatic rings. The number of nitrogens with two attached hydrogens (primary N) is 1. The molecule has 1 unspecified atom stereocenters. The van der Waals surface area contributed by atoms with Crippen LogP contribution in [0.15, 0.2) is 54.6 Å². The van der Waals surface area contributed by atoms with E-state index >= 15 is 0 Å². The average Bonchev–Trinajstić information content (AvgIpc) is 2.61. The summed E-state index contributed by atoms with van der Waals surface area (Å²) in [5.74, 6) is -0.487. The molecule has 0 aromatic heterocycles. The van der Waals surface area contributed by atoms with Crippen molar-refractivity contribution in [1.29, 1.82) is 0 Å². The molecule has 0 fully saturated rings. The predicted octanol–water partition coefficient (Wildman–Crippen LogP) is 1.71. The van der Waals surface area contributed by atoms with Crippen LogP contribution in [0.1, 0.15) is 24.1 Å². The highest BCUT2D eigenvalue weighted by atomic mass is 16.2. The van der Waals surface area contributed by atoms with Gasteiger partial charge in [0, 0.05) is 5.69 Å². The second-order valence-electron chi connectivity index (χ2n) is 5.84. The van der Waals surface area contributed by atoms with Gasteiger partial charge in [0.05, 0.1) is 19.0 Å². The van der Waals surface area contributed by atoms with Gasteiger partial charge in [-0.2, -0.15) is 0 Å². The quantitative estimate of drug-likeness (QED) is 0.607. The van der Waals surface area contributed by atoms with Crippen molar-refractivity contribution in [2.75, 3.05) is 11.9 Å². The van der Waals surface area contributed by atoms with Crippen LogP contribution in [0.3, 0.4) is 0 Å². The highest BCUT2D eigenvalue weighted by Crippen LogP contribution is 2.15. The van der Waals surface area contributed by atoms with E-state index in [1.54, 1.807) is 24.3 Å². The van der Waals surface area contributed by atoms with Crippen LogP contribution in [0, 0.1) is 0 Å². The molecule has 2 aromatic carbocycles. The first-order valence-electron chi connectivity index (χ1n) is 8.20. The molecule has 26 heavy (non-hydrogen) atoms. The molecule has 0 aliphatic heterocycles. The topological polar surface area (TPSA) is 113 Å². The fourth-order valence-electron chi connectivity index (χ4n) is 2.40. The van der Waals surface area contributed by atoms with E-state index in [2.05, 4.69) is 16.0 Å². The van der Waals surface area contributed by atoms with Crippen molar-refractivity contribution in [1.82, 2.24) is 10.6 Å². The highest BCUT2D eigenvalue weighted by molar-refractivity contribution is 5.88. The molecule has 0 saturated heterocycles. The molecule has 0 heterocycles. The van der Waals surface area contributed by atoms with Gasteiger partial charge in [-0.1, -0.05) is 42.5 Å². The second kappa shape index (κ2) is 9.22. The Morgan fingerprint density at radius 3 is 2.23 bits per heavy atom. The number of anilines is 1. The number of hydrogen-bond acceptors (Lipinski definition) is 3. The molecule has 0 bridgehead atoms. The lowest BCUT2D eigenvalue weighted by Crippen LogP contribution is -2.38. The van der Waals surface area contributed by atoms with E-state index in [4.69, 9.17) is 5.73 Å². The third kappa shape index (κ3) is 6.27. The maximum absolute atomic E-state index is 12.0. The van der Waals surface area contributed by atoms with Gasteiger partial charge in [0.15, 0.2) is 0 Å². The van der Waals surface area contributed by atoms with Crippen molar-refractivity contribution in [3.8, 4) is 0 Å². The van der Waals surface area contributed by atoms with Gasteiger partial charge >= 0.3 is 6.03 Å². The van der Waals surface area contributed by atoms with Gasteiger partial charge in [-0.05, 0) is 30.2 Å². The Morgan fingerprint density at radius 2 is 1.62 bits per heavy atom. The zero-order chi connectivity index (χ0) is 18.9. The fourth-order valence-corrected chi connectivity index (χ4v) is 2.40. The average molecular weight is 354 g/mol. The number of rotatable bonds is 7. The van der Waals surface area contributed by atoms with Crippen molar-refractivity contribution < 1.29 is 14.4 Å². The molecule has 5 N–H and O–H groups in total. The first-order valence-corrected chi connectivity index (χ1v) is 8.20. The van der Waals surface area contributed by atoms with E-state index in [0.717, 1.165) is 11.1 Å². The lowest BCUT2D eigenvalue weighted by atomic mass is 10.1. The van der Waals surface area contributed by atoms with Gasteiger partial charge in [0.2, 0.25) is 11.8 Å². The third-order valence-corrected chi connectivity index (χ3v) is 3.71. The van der Waals surface area contributed by atoms with Crippen LogP contribution < -0.4 is 21.7 Å². The minimum atomic E-state index is -0.634. The van der Waals surface area contributed by atoms with Gasteiger partial charge in [0.25, 0.3) is 0 Å². The van der Waals surface area contributed by atoms with E-state index in [9.17, 15) is 14.4 Å². The monoisotopic (exact) mass is 354 g/mol. The molecule has 4 amide bonds. The van der Waals surface area contributed by atoms with Gasteiger partial charge in [0.1, 0.15) is 0 Å². The number of carbonyl (C=O) groups is 3. The largest absolute Gasteiger partial charge is 0.351 e. The van der Waals surface area contributed by atoms with E-state index in [-0.39, 0.29) is 30.8 Å². The first kappa shape index (κ1) is 19.0. The van der Waals surface area contributed by atoms with Crippen molar-refractivity contribution in [2.45, 2.75) is 19.4 Å². The zero-order valence-corrected chi connectivity index (χ0v) is 14.5. The number of benzene rings is 2. The summed E-state index contributed by atoms with van der Waals surface area (Å²) in [6, 6.07) is 15.4. The van der Waals surface area contributed by atoms with E-state index in [1.807, 2.05) is 37.3 Å². The standard InChI is InChI=1S/C19H22N4O3/c1-13(15-7-9-16(10-8-15)23-19(20)26)22-18(25)12-21-17(24)11-14-5-3-2-4-6-14/h2-10,13H,11-12H2,1H3,(H,21,24)(H,22,25)(H3,20,23,26). The molecule has 2 rings (SSSR count). The maximum Gasteiger partial charge on any atom is 0.316 e. The van der Waals surface area contributed by atoms with E-state index < -0.39 is 6.03 Å². The van der Waals surface area contributed by atoms with Crippen molar-refractivity contribution in [3.05, 3.63) is 65.7 Å². The molecule has 2 aromatic rings. The van der Waals surface area contributed by atoms with Crippen LogP contribution in [-0.4, -0.2) is 24.4 Å². The van der Waals surface area contributed by atoms with E-state index in [0.29, 0.717) is 5.69 Å². The molecular formula is C19H22N4O3. The lowest BCUT2D eigenvalue weighted by molar-refractivity contribution is -0.126. The van der Waals surface area contributed by atoms with Crippen LogP contribution in [0.2, 0.25) is 0 Å². The predicted molar refractivity (Wildman–Crippen MR) is 99.4 cm³/mol. The Bertz CT molecular complexity index is 760. The molecule has 0 spiro atoms. The Hall–Kier alpha value is -3.35. The molecule has 136 valence electrons. The van der Waals surface area contributed by atoms with Crippen LogP contribution in [0.4, 0.5) is 10.5 Å². The highest BCUT2D eigenvalue weighted by Gasteiger charge is 2.11. The summed E-state index contributed by atoms with van der Waals surface area (Å²) in [5, 5.41) is 7.88. The Labute approximate surface area is 152 Å². The van der Waals surface area contributed by atoms with Gasteiger partial charge < -0.3 is 21.7 Å². The summed E-state index contributed by atoms with van der Waals surface area (Å²) in [4.78, 5) is 34.7. The minimum absolute atomic E-state index is 0.0860. The Balaban J connectivity index is 1.77. The molecule has 0 radical (unpaired) electrons. The van der Waals surface area contributed by atoms with Gasteiger partial charge in [-0.3, -0.25) is 9.59 Å². The molecule has 0 aliphatic carbocycles. The summed E-state index contributed by atoms with van der Waals surface area (Å²) < 4.78 is 0. The SMILES string of the molecule is CC(NC(=O)CNC(=O)Cc1ccccc1)c1ccc(NC(N)=O)cc1. The molecular weight excluding hydrogens is 332 g/mol. The first-order chi connectivity index (χ1) is 12.4. The molecule has 0 saturated carbocycles.